The van der Waals surface area contributed by atoms with Crippen LogP contribution in [-0.4, -0.2) is 6.10 Å². The number of allylic oxidation sites excluding steroid dienone is 3. The maximum Gasteiger partial charge on any atom is 0.289 e. The number of pyridine rings is 1. The van der Waals surface area contributed by atoms with Gasteiger partial charge in [0, 0.05) is 5.56 Å². The smallest absolute Gasteiger partial charge is 0.289 e. The van der Waals surface area contributed by atoms with Gasteiger partial charge in [0.1, 0.15) is 29.0 Å². The first kappa shape index (κ1) is 19.5. The number of H-pyrrole nitrogens is 1. The lowest BCUT2D eigenvalue weighted by molar-refractivity contribution is -0.364. The molecule has 0 amide bonds. The molecule has 0 unspecified atom stereocenters. The molecule has 0 aliphatic heterocycles. The van der Waals surface area contributed by atoms with Crippen molar-refractivity contribution in [2.75, 3.05) is 5.73 Å². The Labute approximate surface area is 169 Å². The summed E-state index contributed by atoms with van der Waals surface area (Å²) in [6.45, 7) is 7.61. The van der Waals surface area contributed by atoms with Gasteiger partial charge < -0.3 is 4.74 Å². The number of rotatable bonds is 3. The molecule has 3 rings (SSSR count). The maximum atomic E-state index is 9.64. The van der Waals surface area contributed by atoms with Crippen molar-refractivity contribution >= 4 is 34.6 Å². The molecule has 0 saturated carbocycles. The molecule has 0 radical (unpaired) electrons. The van der Waals surface area contributed by atoms with Crippen molar-refractivity contribution < 1.29 is 9.72 Å². The van der Waals surface area contributed by atoms with Crippen LogP contribution >= 0.6 is 11.6 Å². The van der Waals surface area contributed by atoms with Gasteiger partial charge in [0.15, 0.2) is 5.69 Å². The second-order valence-electron chi connectivity index (χ2n) is 6.93. The number of nitrogens with one attached hydrogen (secondary N) is 1. The Morgan fingerprint density at radius 3 is 2.50 bits per heavy atom. The third kappa shape index (κ3) is 3.22. The summed E-state index contributed by atoms with van der Waals surface area (Å²) >= 11 is 6.37. The van der Waals surface area contributed by atoms with Crippen molar-refractivity contribution in [2.24, 2.45) is 0 Å². The van der Waals surface area contributed by atoms with E-state index >= 15 is 0 Å². The van der Waals surface area contributed by atoms with Crippen LogP contribution in [0.1, 0.15) is 48.7 Å². The molecule has 2 aromatic rings. The Morgan fingerprint density at radius 2 is 1.93 bits per heavy atom. The van der Waals surface area contributed by atoms with E-state index in [1.54, 1.807) is 0 Å². The first-order valence-electron chi connectivity index (χ1n) is 8.83. The van der Waals surface area contributed by atoms with Gasteiger partial charge in [0.05, 0.1) is 11.1 Å². The van der Waals surface area contributed by atoms with E-state index in [4.69, 9.17) is 22.1 Å². The topological polar surface area (TPSA) is 97.0 Å². The highest BCUT2D eigenvalue weighted by Gasteiger charge is 2.32. The van der Waals surface area contributed by atoms with E-state index in [9.17, 15) is 10.5 Å². The van der Waals surface area contributed by atoms with Gasteiger partial charge in [-0.25, -0.2) is 4.98 Å². The van der Waals surface area contributed by atoms with Crippen LogP contribution in [0.25, 0.3) is 17.2 Å². The zero-order valence-electron chi connectivity index (χ0n) is 16.1. The predicted octanol–water partition coefficient (Wildman–Crippen LogP) is 4.55. The van der Waals surface area contributed by atoms with Crippen LogP contribution in [0.15, 0.2) is 23.8 Å². The summed E-state index contributed by atoms with van der Waals surface area (Å²) in [5.74, 6) is 0.887. The Morgan fingerprint density at radius 1 is 1.21 bits per heavy atom. The molecule has 0 bridgehead atoms. The van der Waals surface area contributed by atoms with E-state index < -0.39 is 0 Å². The molecule has 28 heavy (non-hydrogen) atoms. The number of nitriles is 2. The molecule has 5 nitrogen and oxygen atoms in total. The van der Waals surface area contributed by atoms with Crippen LogP contribution in [0.5, 0.6) is 5.75 Å². The molecular formula is C22H20ClN4O+. The standard InChI is InChI=1S/C22H19ClN4O/c1-11(2)28-19-6-5-14(8-18(19)23)7-15-12(3)16(9-24)21-20(15)13(4)17(10-25)22(26)27-21/h5-8,11H,1-4H3,(H2,26,27)/p+1. The summed E-state index contributed by atoms with van der Waals surface area (Å²) in [5.41, 5.74) is 11.7. The number of benzene rings is 1. The number of halogens is 1. The first-order valence-corrected chi connectivity index (χ1v) is 9.21. The van der Waals surface area contributed by atoms with Gasteiger partial charge in [-0.3, -0.25) is 5.73 Å². The summed E-state index contributed by atoms with van der Waals surface area (Å²) in [6.07, 6.45) is 1.99. The predicted molar refractivity (Wildman–Crippen MR) is 110 cm³/mol. The lowest BCUT2D eigenvalue weighted by atomic mass is 9.95. The zero-order valence-corrected chi connectivity index (χ0v) is 16.9. The van der Waals surface area contributed by atoms with Crippen LogP contribution in [-0.2, 0) is 0 Å². The van der Waals surface area contributed by atoms with Crippen molar-refractivity contribution in [3.8, 4) is 17.9 Å². The van der Waals surface area contributed by atoms with Gasteiger partial charge in [-0.2, -0.15) is 10.5 Å². The third-order valence-electron chi connectivity index (χ3n) is 4.68. The quantitative estimate of drug-likeness (QED) is 0.829. The monoisotopic (exact) mass is 391 g/mol. The van der Waals surface area contributed by atoms with Gasteiger partial charge in [0.2, 0.25) is 0 Å². The number of anilines is 1. The van der Waals surface area contributed by atoms with Crippen LogP contribution in [0.2, 0.25) is 5.02 Å². The molecule has 1 aliphatic carbocycles. The van der Waals surface area contributed by atoms with E-state index in [-0.39, 0.29) is 11.9 Å². The van der Waals surface area contributed by atoms with Crippen molar-refractivity contribution in [3.05, 3.63) is 56.7 Å². The van der Waals surface area contributed by atoms with Crippen molar-refractivity contribution in [1.29, 1.82) is 10.5 Å². The Kier molecular flexibility index (Phi) is 5.14. The molecule has 0 saturated heterocycles. The fourth-order valence-electron chi connectivity index (χ4n) is 3.40. The van der Waals surface area contributed by atoms with Gasteiger partial charge in [-0.05, 0) is 68.2 Å². The van der Waals surface area contributed by atoms with E-state index in [2.05, 4.69) is 17.1 Å². The van der Waals surface area contributed by atoms with Crippen molar-refractivity contribution in [3.63, 3.8) is 0 Å². The Hall–Kier alpha value is -3.28. The van der Waals surface area contributed by atoms with E-state index in [1.165, 1.54) is 0 Å². The molecule has 6 heteroatoms. The van der Waals surface area contributed by atoms with Crippen LogP contribution in [0.3, 0.4) is 0 Å². The van der Waals surface area contributed by atoms with Gasteiger partial charge in [-0.1, -0.05) is 17.7 Å². The third-order valence-corrected chi connectivity index (χ3v) is 4.98. The number of hydrogen-bond donors (Lipinski definition) is 1. The minimum atomic E-state index is 0.0276. The minimum Gasteiger partial charge on any atom is -0.489 e. The molecule has 3 N–H and O–H groups in total. The summed E-state index contributed by atoms with van der Waals surface area (Å²) in [6, 6.07) is 9.95. The maximum absolute atomic E-state index is 9.64. The summed E-state index contributed by atoms with van der Waals surface area (Å²) in [7, 11) is 0. The molecule has 1 heterocycles. The molecular weight excluding hydrogens is 372 g/mol. The summed E-state index contributed by atoms with van der Waals surface area (Å²) in [5, 5.41) is 19.6. The lowest BCUT2D eigenvalue weighted by Gasteiger charge is -2.12. The number of fused-ring (bicyclic) bond motifs is 1. The van der Waals surface area contributed by atoms with E-state index in [0.29, 0.717) is 27.6 Å². The number of nitrogens with two attached hydrogens (primary N) is 1. The molecule has 0 spiro atoms. The second kappa shape index (κ2) is 7.38. The van der Waals surface area contributed by atoms with E-state index in [1.807, 2.05) is 52.0 Å². The Bertz CT molecular complexity index is 1130. The van der Waals surface area contributed by atoms with Gasteiger partial charge in [-0.15, -0.1) is 0 Å². The SMILES string of the molecule is CC1=C(C#N)c2[nH+]c(N)c(C#N)c(C)c2C1=Cc1ccc(OC(C)C)c(Cl)c1. The van der Waals surface area contributed by atoms with Gasteiger partial charge in [0.25, 0.3) is 5.82 Å². The van der Waals surface area contributed by atoms with Gasteiger partial charge >= 0.3 is 0 Å². The van der Waals surface area contributed by atoms with E-state index in [0.717, 1.165) is 27.8 Å². The fraction of sp³-hybridized carbons (Fsp3) is 0.227. The highest BCUT2D eigenvalue weighted by Crippen LogP contribution is 2.43. The van der Waals surface area contributed by atoms with Crippen LogP contribution < -0.4 is 15.5 Å². The molecule has 1 aromatic carbocycles. The zero-order chi connectivity index (χ0) is 20.6. The highest BCUT2D eigenvalue weighted by atomic mass is 35.5. The lowest BCUT2D eigenvalue weighted by Crippen LogP contribution is -2.20. The van der Waals surface area contributed by atoms with Crippen molar-refractivity contribution in [2.45, 2.75) is 33.8 Å². The Balaban J connectivity index is 2.19. The second-order valence-corrected chi connectivity index (χ2v) is 7.33. The normalized spacial score (nSPS) is 14.2. The summed E-state index contributed by atoms with van der Waals surface area (Å²) < 4.78 is 5.68. The molecule has 1 aliphatic rings. The minimum absolute atomic E-state index is 0.0276. The van der Waals surface area contributed by atoms with Crippen LogP contribution in [0.4, 0.5) is 5.82 Å². The number of nitrogens with zero attached hydrogens (tertiary/aromatic N) is 2. The number of nitrogen functional groups attached to an aromatic ring is 1. The summed E-state index contributed by atoms with van der Waals surface area (Å²) in [4.78, 5) is 3.03. The largest absolute Gasteiger partial charge is 0.489 e. The first-order chi connectivity index (χ1) is 13.3. The average molecular weight is 392 g/mol. The molecule has 1 aromatic heterocycles. The number of aromatic amines is 1. The molecule has 0 fully saturated rings. The van der Waals surface area contributed by atoms with Crippen molar-refractivity contribution in [1.82, 2.24) is 0 Å². The molecule has 140 valence electrons. The fourth-order valence-corrected chi connectivity index (χ4v) is 3.63. The van der Waals surface area contributed by atoms with Crippen LogP contribution in [0, 0.1) is 29.6 Å². The molecule has 0 atom stereocenters. The average Bonchev–Trinajstić information content (AvgIpc) is 2.88. The number of aromatic nitrogens is 1. The number of ether oxygens (including phenoxy) is 1. The number of hydrogen-bond acceptors (Lipinski definition) is 4. The highest BCUT2D eigenvalue weighted by molar-refractivity contribution is 6.32.